The average molecular weight is 716 g/mol. The summed E-state index contributed by atoms with van der Waals surface area (Å²) in [6.45, 7) is 5.88. The SMILES string of the molecule is COc1cc(C(=O)OCC(=O)[C@@]23OC(C)(C)O[C@@H]2C[C@H]2C4CC=C5CC(=O)C=C[C@]5(C)[C@@]4(F)[C@@H](O)C[C@@]23C)ccc1OC(=O)CCCO[N+](=O)[O-]. The molecule has 1 saturated heterocycles. The van der Waals surface area contributed by atoms with Crippen molar-refractivity contribution in [2.24, 2.45) is 22.7 Å². The summed E-state index contributed by atoms with van der Waals surface area (Å²) < 4.78 is 46.5. The minimum Gasteiger partial charge on any atom is -0.493 e. The van der Waals surface area contributed by atoms with Crippen LogP contribution in [0.1, 0.15) is 76.6 Å². The number of aliphatic hydroxyl groups excluding tert-OH is 1. The number of hydrogen-bond acceptors (Lipinski definition) is 13. The van der Waals surface area contributed by atoms with Crippen molar-refractivity contribution in [2.75, 3.05) is 20.3 Å². The van der Waals surface area contributed by atoms with E-state index in [1.807, 2.05) is 13.0 Å². The fraction of sp³-hybridized carbons (Fsp3) is 0.611. The van der Waals surface area contributed by atoms with Crippen molar-refractivity contribution >= 4 is 23.5 Å². The standard InChI is InChI=1S/C36H42FNO13/c1-32(2)50-29-17-24-23-10-9-21-16-22(39)12-13-33(21,3)35(23,37)27(40)18-34(24,4)36(29,51-32)28(41)19-47-31(43)20-8-11-25(26(15-20)46-5)49-30(42)7-6-14-48-38(44)45/h8-9,11-13,15,23-24,27,29,40H,6-7,10,14,16-19H2,1-5H3/t23?,24-,27-,29+,33-,34-,35-,36+/m0/s1. The molecular weight excluding hydrogens is 673 g/mol. The lowest BCUT2D eigenvalue weighted by Gasteiger charge is -2.62. The molecule has 5 aliphatic rings. The third kappa shape index (κ3) is 5.73. The highest BCUT2D eigenvalue weighted by molar-refractivity contribution is 5.96. The van der Waals surface area contributed by atoms with E-state index in [1.165, 1.54) is 31.4 Å². The van der Waals surface area contributed by atoms with Crippen LogP contribution in [0.2, 0.25) is 0 Å². The second kappa shape index (κ2) is 12.8. The number of benzene rings is 1. The summed E-state index contributed by atoms with van der Waals surface area (Å²) in [5, 5.41) is 21.1. The van der Waals surface area contributed by atoms with Crippen LogP contribution in [0.25, 0.3) is 0 Å². The summed E-state index contributed by atoms with van der Waals surface area (Å²) in [7, 11) is 1.30. The van der Waals surface area contributed by atoms with E-state index in [9.17, 15) is 34.4 Å². The van der Waals surface area contributed by atoms with Crippen LogP contribution in [0.5, 0.6) is 11.5 Å². The molecule has 14 nitrogen and oxygen atoms in total. The minimum absolute atomic E-state index is 0.00985. The highest BCUT2D eigenvalue weighted by atomic mass is 19.1. The zero-order chi connectivity index (χ0) is 37.1. The van der Waals surface area contributed by atoms with Gasteiger partial charge in [0.05, 0.1) is 31.5 Å². The van der Waals surface area contributed by atoms with E-state index in [-0.39, 0.29) is 68.0 Å². The van der Waals surface area contributed by atoms with Crippen LogP contribution in [0.4, 0.5) is 4.39 Å². The van der Waals surface area contributed by atoms with E-state index in [4.69, 9.17) is 23.7 Å². The quantitative estimate of drug-likeness (QED) is 0.0859. The van der Waals surface area contributed by atoms with Crippen molar-refractivity contribution < 1.29 is 62.3 Å². The van der Waals surface area contributed by atoms with Crippen LogP contribution < -0.4 is 9.47 Å². The van der Waals surface area contributed by atoms with Crippen molar-refractivity contribution in [1.82, 2.24) is 0 Å². The molecule has 1 unspecified atom stereocenters. The summed E-state index contributed by atoms with van der Waals surface area (Å²) in [5.74, 6) is -4.68. The molecule has 6 rings (SSSR count). The van der Waals surface area contributed by atoms with E-state index in [0.717, 1.165) is 0 Å². The van der Waals surface area contributed by atoms with E-state index in [1.54, 1.807) is 26.8 Å². The van der Waals surface area contributed by atoms with Crippen molar-refractivity contribution in [3.05, 3.63) is 57.7 Å². The van der Waals surface area contributed by atoms with Crippen LogP contribution in [-0.4, -0.2) is 83.3 Å². The Morgan fingerprint density at radius 2 is 1.88 bits per heavy atom. The van der Waals surface area contributed by atoms with Gasteiger partial charge in [-0.1, -0.05) is 24.6 Å². The second-order valence-electron chi connectivity index (χ2n) is 14.8. The van der Waals surface area contributed by atoms with Gasteiger partial charge in [0.2, 0.25) is 5.78 Å². The largest absolute Gasteiger partial charge is 0.493 e. The van der Waals surface area contributed by atoms with Crippen molar-refractivity contribution in [3.8, 4) is 11.5 Å². The molecule has 0 radical (unpaired) electrons. The maximum Gasteiger partial charge on any atom is 0.338 e. The van der Waals surface area contributed by atoms with Crippen LogP contribution >= 0.6 is 0 Å². The number of carbonyl (C=O) groups is 4. The predicted molar refractivity (Wildman–Crippen MR) is 173 cm³/mol. The van der Waals surface area contributed by atoms with Gasteiger partial charge in [0, 0.05) is 29.6 Å². The number of methoxy groups -OCH3 is 1. The number of aliphatic hydroxyl groups is 1. The maximum atomic E-state index is 17.7. The molecule has 1 aromatic rings. The molecular formula is C36H42FNO13. The predicted octanol–water partition coefficient (Wildman–Crippen LogP) is 4.19. The highest BCUT2D eigenvalue weighted by Gasteiger charge is 2.80. The van der Waals surface area contributed by atoms with Gasteiger partial charge in [-0.25, -0.2) is 9.18 Å². The number of nitrogens with zero attached hydrogens (tertiary/aromatic N) is 1. The molecule has 4 aliphatic carbocycles. The molecule has 0 bridgehead atoms. The number of ether oxygens (including phenoxy) is 5. The molecule has 1 N–H and O–H groups in total. The monoisotopic (exact) mass is 715 g/mol. The molecule has 8 atom stereocenters. The van der Waals surface area contributed by atoms with E-state index in [2.05, 4.69) is 4.84 Å². The number of esters is 2. The first kappa shape index (κ1) is 36.6. The third-order valence-corrected chi connectivity index (χ3v) is 11.7. The topological polar surface area (TPSA) is 187 Å². The molecule has 0 aromatic heterocycles. The normalized spacial score (nSPS) is 35.7. The van der Waals surface area contributed by atoms with Gasteiger partial charge in [0.1, 0.15) is 0 Å². The first-order valence-corrected chi connectivity index (χ1v) is 16.9. The highest BCUT2D eigenvalue weighted by Crippen LogP contribution is 2.72. The first-order valence-electron chi connectivity index (χ1n) is 16.9. The van der Waals surface area contributed by atoms with Gasteiger partial charge in [0.25, 0.3) is 5.09 Å². The van der Waals surface area contributed by atoms with Gasteiger partial charge in [-0.3, -0.25) is 14.4 Å². The van der Waals surface area contributed by atoms with Gasteiger partial charge in [-0.15, -0.1) is 10.1 Å². The number of Topliss-reactive ketones (excluding diaryl/α,β-unsaturated/α-hetero) is 1. The Hall–Kier alpha value is -4.21. The van der Waals surface area contributed by atoms with Crippen molar-refractivity contribution in [1.29, 1.82) is 0 Å². The lowest BCUT2D eigenvalue weighted by Crippen LogP contribution is -2.69. The zero-order valence-corrected chi connectivity index (χ0v) is 29.1. The Morgan fingerprint density at radius 3 is 2.59 bits per heavy atom. The number of hydrogen-bond donors (Lipinski definition) is 1. The molecule has 1 aliphatic heterocycles. The Labute approximate surface area is 293 Å². The van der Waals surface area contributed by atoms with Crippen LogP contribution in [0, 0.1) is 32.8 Å². The smallest absolute Gasteiger partial charge is 0.338 e. The number of rotatable bonds is 11. The first-order chi connectivity index (χ1) is 23.9. The second-order valence-corrected chi connectivity index (χ2v) is 14.8. The van der Waals surface area contributed by atoms with Crippen LogP contribution in [0.15, 0.2) is 42.0 Å². The zero-order valence-electron chi connectivity index (χ0n) is 29.1. The number of ketones is 2. The lowest BCUT2D eigenvalue weighted by molar-refractivity contribution is -0.757. The fourth-order valence-corrected chi connectivity index (χ4v) is 9.44. The van der Waals surface area contributed by atoms with Crippen molar-refractivity contribution in [3.63, 3.8) is 0 Å². The van der Waals surface area contributed by atoms with Gasteiger partial charge < -0.3 is 33.6 Å². The molecule has 2 saturated carbocycles. The number of allylic oxidation sites excluding steroid dienone is 4. The average Bonchev–Trinajstić information content (AvgIpc) is 3.48. The molecule has 3 fully saturated rings. The molecule has 0 amide bonds. The Morgan fingerprint density at radius 1 is 1.14 bits per heavy atom. The summed E-state index contributed by atoms with van der Waals surface area (Å²) in [4.78, 5) is 66.5. The van der Waals surface area contributed by atoms with E-state index in [0.29, 0.717) is 5.57 Å². The molecule has 1 aromatic carbocycles. The Kier molecular flexibility index (Phi) is 9.16. The number of carbonyl (C=O) groups excluding carboxylic acids is 4. The summed E-state index contributed by atoms with van der Waals surface area (Å²) in [6, 6.07) is 3.90. The number of halogens is 1. The Bertz CT molecular complexity index is 1720. The molecule has 15 heteroatoms. The summed E-state index contributed by atoms with van der Waals surface area (Å²) >= 11 is 0. The minimum atomic E-state index is -2.12. The van der Waals surface area contributed by atoms with Crippen LogP contribution in [0.3, 0.4) is 0 Å². The molecule has 276 valence electrons. The summed E-state index contributed by atoms with van der Waals surface area (Å²) in [5.41, 5.74) is -5.49. The van der Waals surface area contributed by atoms with E-state index < -0.39 is 81.3 Å². The summed E-state index contributed by atoms with van der Waals surface area (Å²) in [6.07, 6.45) is 2.87. The van der Waals surface area contributed by atoms with Gasteiger partial charge >= 0.3 is 11.9 Å². The number of alkyl halides is 1. The molecule has 51 heavy (non-hydrogen) atoms. The Balaban J connectivity index is 1.20. The van der Waals surface area contributed by atoms with Crippen LogP contribution in [-0.2, 0) is 33.4 Å². The number of fused-ring (bicyclic) bond motifs is 7. The lowest BCUT2D eigenvalue weighted by atomic mass is 9.45. The maximum absolute atomic E-state index is 17.7. The van der Waals surface area contributed by atoms with E-state index >= 15 is 4.39 Å². The van der Waals surface area contributed by atoms with Crippen molar-refractivity contribution in [2.45, 2.75) is 95.5 Å². The fourth-order valence-electron chi connectivity index (χ4n) is 9.44. The van der Waals surface area contributed by atoms with Gasteiger partial charge in [-0.2, -0.15) is 0 Å². The third-order valence-electron chi connectivity index (χ3n) is 11.7. The van der Waals surface area contributed by atoms with Gasteiger partial charge in [0.15, 0.2) is 40.9 Å². The molecule has 1 heterocycles. The van der Waals surface area contributed by atoms with Gasteiger partial charge in [-0.05, 0) is 76.6 Å². The molecule has 0 spiro atoms.